The first kappa shape index (κ1) is 20.4. The van der Waals surface area contributed by atoms with Crippen molar-refractivity contribution < 1.29 is 0 Å². The van der Waals surface area contributed by atoms with Gasteiger partial charge in [-0.2, -0.15) is 8.75 Å². The number of nitrogens with one attached hydrogen (secondary N) is 1. The van der Waals surface area contributed by atoms with Crippen LogP contribution in [0.5, 0.6) is 0 Å². The number of aromatic nitrogens is 4. The van der Waals surface area contributed by atoms with E-state index in [9.17, 15) is 0 Å². The quantitative estimate of drug-likeness (QED) is 0.380. The van der Waals surface area contributed by atoms with Gasteiger partial charge in [0.1, 0.15) is 11.0 Å². The van der Waals surface area contributed by atoms with E-state index < -0.39 is 0 Å². The van der Waals surface area contributed by atoms with Gasteiger partial charge in [-0.1, -0.05) is 23.8 Å². The maximum atomic E-state index is 4.77. The van der Waals surface area contributed by atoms with Crippen LogP contribution in [0.1, 0.15) is 24.5 Å². The molecule has 1 N–H and O–H groups in total. The Labute approximate surface area is 199 Å². The largest absolute Gasteiger partial charge is 0.363 e. The Balaban J connectivity index is 1.39. The average molecular weight is 471 g/mol. The molecular weight excluding hydrogens is 448 g/mol. The first-order chi connectivity index (χ1) is 16.2. The lowest BCUT2D eigenvalue weighted by atomic mass is 10.1. The molecular formula is C25H22N6S2. The summed E-state index contributed by atoms with van der Waals surface area (Å²) in [5, 5.41) is 2.36. The molecule has 0 unspecified atom stereocenters. The lowest BCUT2D eigenvalue weighted by Crippen LogP contribution is -2.28. The number of nitrogens with zero attached hydrogens (tertiary/aromatic N) is 5. The normalized spacial score (nSPS) is 13.7. The second kappa shape index (κ2) is 8.61. The SMILES string of the molecule is CC1=c2ccc(CN(Cc3ccc4nsnc4c3)c3ccc4nc[nH]c4c3)cc2=NSCC1. The van der Waals surface area contributed by atoms with E-state index in [0.29, 0.717) is 0 Å². The molecule has 3 aromatic carbocycles. The Morgan fingerprint density at radius 1 is 0.909 bits per heavy atom. The summed E-state index contributed by atoms with van der Waals surface area (Å²) in [6, 6.07) is 19.5. The summed E-state index contributed by atoms with van der Waals surface area (Å²) in [5.41, 5.74) is 8.92. The summed E-state index contributed by atoms with van der Waals surface area (Å²) >= 11 is 2.92. The molecule has 0 radical (unpaired) electrons. The minimum absolute atomic E-state index is 0.765. The molecule has 33 heavy (non-hydrogen) atoms. The van der Waals surface area contributed by atoms with Gasteiger partial charge in [0.2, 0.25) is 0 Å². The van der Waals surface area contributed by atoms with Gasteiger partial charge in [-0.25, -0.2) is 9.38 Å². The van der Waals surface area contributed by atoms with Crippen molar-refractivity contribution in [3.8, 4) is 0 Å². The predicted molar refractivity (Wildman–Crippen MR) is 137 cm³/mol. The Morgan fingerprint density at radius 3 is 2.67 bits per heavy atom. The fourth-order valence-electron chi connectivity index (χ4n) is 4.29. The number of rotatable bonds is 5. The van der Waals surface area contributed by atoms with E-state index in [-0.39, 0.29) is 0 Å². The van der Waals surface area contributed by atoms with E-state index in [4.69, 9.17) is 4.40 Å². The molecule has 0 aliphatic carbocycles. The average Bonchev–Trinajstić information content (AvgIpc) is 3.46. The molecule has 0 saturated heterocycles. The van der Waals surface area contributed by atoms with Crippen molar-refractivity contribution >= 4 is 57.0 Å². The van der Waals surface area contributed by atoms with Gasteiger partial charge in [0.05, 0.1) is 34.4 Å². The second-order valence-corrected chi connectivity index (χ2v) is 9.73. The highest BCUT2D eigenvalue weighted by molar-refractivity contribution is 7.97. The van der Waals surface area contributed by atoms with Crippen LogP contribution < -0.4 is 15.5 Å². The molecule has 164 valence electrons. The van der Waals surface area contributed by atoms with Crippen LogP contribution in [0.15, 0.2) is 65.3 Å². The molecule has 0 atom stereocenters. The van der Waals surface area contributed by atoms with Crippen LogP contribution in [0.25, 0.3) is 27.6 Å². The van der Waals surface area contributed by atoms with E-state index >= 15 is 0 Å². The molecule has 0 spiro atoms. The van der Waals surface area contributed by atoms with Gasteiger partial charge >= 0.3 is 0 Å². The minimum Gasteiger partial charge on any atom is -0.363 e. The smallest absolute Gasteiger partial charge is 0.105 e. The predicted octanol–water partition coefficient (Wildman–Crippen LogP) is 4.62. The third-order valence-corrected chi connectivity index (χ3v) is 7.36. The number of fused-ring (bicyclic) bond motifs is 3. The van der Waals surface area contributed by atoms with Crippen LogP contribution in [0.3, 0.4) is 0 Å². The summed E-state index contributed by atoms with van der Waals surface area (Å²) in [6.45, 7) is 3.76. The molecule has 0 fully saturated rings. The van der Waals surface area contributed by atoms with Gasteiger partial charge in [0, 0.05) is 24.5 Å². The van der Waals surface area contributed by atoms with E-state index in [2.05, 4.69) is 85.1 Å². The topological polar surface area (TPSA) is 70.1 Å². The van der Waals surface area contributed by atoms with Crippen molar-refractivity contribution in [3.63, 3.8) is 0 Å². The van der Waals surface area contributed by atoms with Gasteiger partial charge in [0.25, 0.3) is 0 Å². The first-order valence-electron chi connectivity index (χ1n) is 10.9. The van der Waals surface area contributed by atoms with E-state index in [1.807, 2.05) is 0 Å². The van der Waals surface area contributed by atoms with Crippen molar-refractivity contribution in [2.45, 2.75) is 26.4 Å². The molecule has 0 bridgehead atoms. The fraction of sp³-hybridized carbons (Fsp3) is 0.200. The zero-order chi connectivity index (χ0) is 22.2. The number of H-pyrrole nitrogens is 1. The fourth-order valence-corrected chi connectivity index (χ4v) is 5.58. The minimum atomic E-state index is 0.765. The number of imidazole rings is 1. The number of aromatic amines is 1. The van der Waals surface area contributed by atoms with E-state index in [1.54, 1.807) is 18.3 Å². The summed E-state index contributed by atoms with van der Waals surface area (Å²) in [4.78, 5) is 10.0. The summed E-state index contributed by atoms with van der Waals surface area (Å²) in [6.07, 6.45) is 2.83. The summed E-state index contributed by atoms with van der Waals surface area (Å²) in [7, 11) is 0. The van der Waals surface area contributed by atoms with Crippen LogP contribution in [0.4, 0.5) is 5.69 Å². The van der Waals surface area contributed by atoms with Crippen LogP contribution in [-0.4, -0.2) is 24.5 Å². The zero-order valence-electron chi connectivity index (χ0n) is 18.2. The molecule has 0 amide bonds. The van der Waals surface area contributed by atoms with Gasteiger partial charge in [-0.15, -0.1) is 0 Å². The van der Waals surface area contributed by atoms with Crippen molar-refractivity contribution in [2.24, 2.45) is 4.40 Å². The Bertz CT molecular complexity index is 1590. The van der Waals surface area contributed by atoms with Crippen LogP contribution in [-0.2, 0) is 13.1 Å². The number of anilines is 1. The Kier molecular flexibility index (Phi) is 5.32. The summed E-state index contributed by atoms with van der Waals surface area (Å²) in [5.74, 6) is 1.04. The molecule has 3 heterocycles. The maximum absolute atomic E-state index is 4.77. The maximum Gasteiger partial charge on any atom is 0.105 e. The van der Waals surface area contributed by atoms with Crippen LogP contribution >= 0.6 is 23.7 Å². The first-order valence-corrected chi connectivity index (χ1v) is 12.6. The van der Waals surface area contributed by atoms with Crippen molar-refractivity contribution in [3.05, 3.63) is 82.6 Å². The molecule has 0 saturated carbocycles. The third-order valence-electron chi connectivity index (χ3n) is 6.09. The van der Waals surface area contributed by atoms with Gasteiger partial charge in [-0.3, -0.25) is 0 Å². The second-order valence-electron chi connectivity index (χ2n) is 8.35. The monoisotopic (exact) mass is 470 g/mol. The molecule has 6 rings (SSSR count). The van der Waals surface area contributed by atoms with Gasteiger partial charge in [0.15, 0.2) is 0 Å². The Hall–Kier alpha value is -3.23. The number of hydrogen-bond acceptors (Lipinski definition) is 7. The lowest BCUT2D eigenvalue weighted by molar-refractivity contribution is 0.800. The van der Waals surface area contributed by atoms with Gasteiger partial charge < -0.3 is 9.88 Å². The molecule has 6 nitrogen and oxygen atoms in total. The highest BCUT2D eigenvalue weighted by Gasteiger charge is 2.12. The zero-order valence-corrected chi connectivity index (χ0v) is 19.8. The van der Waals surface area contributed by atoms with Crippen molar-refractivity contribution in [1.29, 1.82) is 0 Å². The van der Waals surface area contributed by atoms with Gasteiger partial charge in [-0.05, 0) is 78.0 Å². The summed E-state index contributed by atoms with van der Waals surface area (Å²) < 4.78 is 13.5. The van der Waals surface area contributed by atoms with Crippen LogP contribution in [0, 0.1) is 0 Å². The third kappa shape index (κ3) is 4.12. The highest BCUT2D eigenvalue weighted by Crippen LogP contribution is 2.25. The van der Waals surface area contributed by atoms with Crippen molar-refractivity contribution in [1.82, 2.24) is 18.7 Å². The van der Waals surface area contributed by atoms with Crippen LogP contribution in [0.2, 0.25) is 0 Å². The van der Waals surface area contributed by atoms with Crippen molar-refractivity contribution in [2.75, 3.05) is 10.7 Å². The molecule has 8 heteroatoms. The van der Waals surface area contributed by atoms with E-state index in [1.165, 1.54) is 33.6 Å². The highest BCUT2D eigenvalue weighted by atomic mass is 32.2. The molecule has 1 aliphatic heterocycles. The van der Waals surface area contributed by atoms with E-state index in [0.717, 1.165) is 58.4 Å². The standard InChI is InChI=1S/C25H22N6S2/c1-16-8-9-32-28-23-10-17(2-5-20(16)23)13-31(19-4-7-21-24(12-19)27-15-26-21)14-18-3-6-22-25(11-18)30-33-29-22/h2-7,10-12,15H,8-9,13-14H2,1H3,(H,26,27). The number of benzene rings is 3. The molecule has 5 aromatic rings. The Morgan fingerprint density at radius 2 is 1.73 bits per heavy atom. The number of hydrogen-bond donors (Lipinski definition) is 1. The lowest BCUT2D eigenvalue weighted by Gasteiger charge is -2.25. The molecule has 2 aromatic heterocycles. The molecule has 1 aliphatic rings.